The fourth-order valence-corrected chi connectivity index (χ4v) is 1.74. The van der Waals surface area contributed by atoms with Gasteiger partial charge in [-0.25, -0.2) is 9.97 Å². The van der Waals surface area contributed by atoms with E-state index in [0.29, 0.717) is 17.7 Å². The normalized spacial score (nSPS) is 9.27. The first-order valence-corrected chi connectivity index (χ1v) is 11.7. The van der Waals surface area contributed by atoms with Crippen molar-refractivity contribution in [3.8, 4) is 23.7 Å². The molecule has 168 valence electrons. The topological polar surface area (TPSA) is 38.9 Å². The molecule has 0 aliphatic heterocycles. The van der Waals surface area contributed by atoms with Crippen molar-refractivity contribution in [2.45, 2.75) is 82.1 Å². The van der Waals surface area contributed by atoms with Crippen LogP contribution >= 0.6 is 11.3 Å². The van der Waals surface area contributed by atoms with Gasteiger partial charge in [-0.2, -0.15) is 0 Å². The minimum absolute atomic E-state index is 0.505. The van der Waals surface area contributed by atoms with E-state index in [-0.39, 0.29) is 0 Å². The summed E-state index contributed by atoms with van der Waals surface area (Å²) in [5.74, 6) is 15.3. The summed E-state index contributed by atoms with van der Waals surface area (Å²) in [6.45, 7) is 21.6. The van der Waals surface area contributed by atoms with E-state index in [1.807, 2.05) is 5.38 Å². The van der Waals surface area contributed by atoms with Crippen molar-refractivity contribution >= 4 is 11.3 Å². The molecule has 2 aromatic heterocycles. The molecule has 0 amide bonds. The molecule has 0 atom stereocenters. The van der Waals surface area contributed by atoms with Gasteiger partial charge in [-0.1, -0.05) is 81.1 Å². The Kier molecular flexibility index (Phi) is 20.3. The lowest BCUT2D eigenvalue weighted by atomic mass is 10.1. The highest BCUT2D eigenvalue weighted by Gasteiger charge is 1.90. The van der Waals surface area contributed by atoms with Gasteiger partial charge in [0.05, 0.1) is 6.20 Å². The molecular weight excluding hydrogens is 388 g/mol. The van der Waals surface area contributed by atoms with Gasteiger partial charge in [0.2, 0.25) is 0 Å². The largest absolute Gasteiger partial charge is 0.439 e. The van der Waals surface area contributed by atoms with Gasteiger partial charge in [0.25, 0.3) is 5.89 Å². The number of aromatic nitrogens is 2. The molecule has 2 rings (SSSR count). The average molecular weight is 431 g/mol. The maximum Gasteiger partial charge on any atom is 0.273 e. The molecule has 0 radical (unpaired) electrons. The van der Waals surface area contributed by atoms with Crippen LogP contribution < -0.4 is 0 Å². The van der Waals surface area contributed by atoms with E-state index in [9.17, 15) is 0 Å². The van der Waals surface area contributed by atoms with Crippen molar-refractivity contribution in [2.24, 2.45) is 23.7 Å². The van der Waals surface area contributed by atoms with Crippen molar-refractivity contribution in [1.29, 1.82) is 0 Å². The van der Waals surface area contributed by atoms with Crippen molar-refractivity contribution in [3.63, 3.8) is 0 Å². The molecule has 0 N–H and O–H groups in total. The van der Waals surface area contributed by atoms with Crippen molar-refractivity contribution in [3.05, 3.63) is 34.9 Å². The van der Waals surface area contributed by atoms with E-state index in [4.69, 9.17) is 4.42 Å². The first-order valence-electron chi connectivity index (χ1n) is 10.8. The number of hydrogen-bond acceptors (Lipinski definition) is 4. The molecule has 0 bridgehead atoms. The Labute approximate surface area is 190 Å². The van der Waals surface area contributed by atoms with Gasteiger partial charge in [0.15, 0.2) is 5.01 Å². The van der Waals surface area contributed by atoms with Gasteiger partial charge in [-0.15, -0.1) is 11.3 Å². The maximum atomic E-state index is 4.93. The molecule has 3 nitrogen and oxygen atoms in total. The van der Waals surface area contributed by atoms with Gasteiger partial charge in [0.1, 0.15) is 6.26 Å². The molecule has 0 aliphatic carbocycles. The lowest BCUT2D eigenvalue weighted by Gasteiger charge is -1.91. The van der Waals surface area contributed by atoms with Crippen LogP contribution in [0, 0.1) is 47.4 Å². The number of nitrogens with zero attached hydrogens (tertiary/aromatic N) is 2. The fraction of sp³-hybridized carbons (Fsp3) is 0.615. The second kappa shape index (κ2) is 20.2. The summed E-state index contributed by atoms with van der Waals surface area (Å²) in [6.07, 6.45) is 6.75. The highest BCUT2D eigenvalue weighted by Crippen LogP contribution is 2.02. The minimum atomic E-state index is 0.505. The molecule has 0 aromatic carbocycles. The quantitative estimate of drug-likeness (QED) is 0.454. The Morgan fingerprint density at radius 3 is 1.63 bits per heavy atom. The van der Waals surface area contributed by atoms with E-state index < -0.39 is 0 Å². The molecule has 0 saturated carbocycles. The molecule has 0 fully saturated rings. The van der Waals surface area contributed by atoms with Crippen LogP contribution in [0.4, 0.5) is 0 Å². The summed E-state index contributed by atoms with van der Waals surface area (Å²) in [7, 11) is 0. The number of thiazole rings is 1. The van der Waals surface area contributed by atoms with E-state index in [1.54, 1.807) is 23.7 Å². The van der Waals surface area contributed by atoms with Crippen molar-refractivity contribution in [2.75, 3.05) is 0 Å². The second-order valence-electron chi connectivity index (χ2n) is 8.94. The molecular formula is C26H42N2OS. The van der Waals surface area contributed by atoms with Gasteiger partial charge in [-0.3, -0.25) is 0 Å². The van der Waals surface area contributed by atoms with Gasteiger partial charge >= 0.3 is 0 Å². The molecule has 2 heterocycles. The van der Waals surface area contributed by atoms with Crippen LogP contribution in [0.5, 0.6) is 0 Å². The molecule has 2 aromatic rings. The fourth-order valence-electron chi connectivity index (χ4n) is 1.23. The van der Waals surface area contributed by atoms with E-state index in [2.05, 4.69) is 103 Å². The van der Waals surface area contributed by atoms with Gasteiger partial charge in [0, 0.05) is 24.4 Å². The van der Waals surface area contributed by atoms with Crippen LogP contribution in [0.3, 0.4) is 0 Å². The van der Waals surface area contributed by atoms with Crippen LogP contribution in [0.15, 0.2) is 28.5 Å². The van der Waals surface area contributed by atoms with Gasteiger partial charge < -0.3 is 4.42 Å². The van der Waals surface area contributed by atoms with E-state index >= 15 is 0 Å². The SMILES string of the molecule is CC(C)C.CC(C)C.CC(C)CC#Cc1ncco1.CC(C)CC#Cc1nccs1. The minimum Gasteiger partial charge on any atom is -0.439 e. The highest BCUT2D eigenvalue weighted by atomic mass is 32.1. The summed E-state index contributed by atoms with van der Waals surface area (Å²) in [5.41, 5.74) is 0. The monoisotopic (exact) mass is 430 g/mol. The summed E-state index contributed by atoms with van der Waals surface area (Å²) < 4.78 is 4.93. The molecule has 4 heteroatoms. The summed E-state index contributed by atoms with van der Waals surface area (Å²) in [4.78, 5) is 7.93. The second-order valence-corrected chi connectivity index (χ2v) is 9.83. The Morgan fingerprint density at radius 1 is 0.767 bits per heavy atom. The summed E-state index contributed by atoms with van der Waals surface area (Å²) >= 11 is 1.59. The first kappa shape index (κ1) is 30.2. The predicted octanol–water partition coefficient (Wildman–Crippen LogP) is 7.94. The number of hydrogen-bond donors (Lipinski definition) is 0. The van der Waals surface area contributed by atoms with Crippen molar-refractivity contribution in [1.82, 2.24) is 9.97 Å². The zero-order chi connectivity index (χ0) is 23.4. The highest BCUT2D eigenvalue weighted by molar-refractivity contribution is 7.10. The zero-order valence-corrected chi connectivity index (χ0v) is 21.6. The van der Waals surface area contributed by atoms with Crippen LogP contribution in [-0.2, 0) is 0 Å². The third-order valence-corrected chi connectivity index (χ3v) is 2.96. The van der Waals surface area contributed by atoms with E-state index in [1.165, 1.54) is 6.26 Å². The maximum absolute atomic E-state index is 4.93. The van der Waals surface area contributed by atoms with Crippen LogP contribution in [0.2, 0.25) is 0 Å². The lowest BCUT2D eigenvalue weighted by Crippen LogP contribution is -1.81. The molecule has 0 spiro atoms. The summed E-state index contributed by atoms with van der Waals surface area (Å²) in [5, 5.41) is 2.87. The molecule has 0 unspecified atom stereocenters. The lowest BCUT2D eigenvalue weighted by molar-refractivity contribution is 0.543. The van der Waals surface area contributed by atoms with Gasteiger partial charge in [-0.05, 0) is 35.5 Å². The summed E-state index contributed by atoms with van der Waals surface area (Å²) in [6, 6.07) is 0. The third kappa shape index (κ3) is 28.2. The Hall–Kier alpha value is -2.04. The van der Waals surface area contributed by atoms with Crippen LogP contribution in [0.1, 0.15) is 93.0 Å². The van der Waals surface area contributed by atoms with E-state index in [0.717, 1.165) is 29.7 Å². The standard InChI is InChI=1S/C9H11NO.C9H11NS.2C4H10/c2*1-8(2)4-3-5-9-10-6-7-11-9;2*1-4(2)3/h2*6-8H,4H2,1-2H3;2*4H,1-3H3. The van der Waals surface area contributed by atoms with Crippen LogP contribution in [-0.4, -0.2) is 9.97 Å². The first-order chi connectivity index (χ1) is 14.0. The Balaban J connectivity index is 0. The Morgan fingerprint density at radius 2 is 1.27 bits per heavy atom. The third-order valence-electron chi connectivity index (χ3n) is 2.28. The number of oxazole rings is 1. The average Bonchev–Trinajstić information content (AvgIpc) is 3.27. The molecule has 0 aliphatic rings. The molecule has 30 heavy (non-hydrogen) atoms. The molecule has 0 saturated heterocycles. The predicted molar refractivity (Wildman–Crippen MR) is 132 cm³/mol. The van der Waals surface area contributed by atoms with Crippen molar-refractivity contribution < 1.29 is 4.42 Å². The smallest absolute Gasteiger partial charge is 0.273 e. The number of rotatable bonds is 2. The van der Waals surface area contributed by atoms with Crippen LogP contribution in [0.25, 0.3) is 0 Å². The zero-order valence-electron chi connectivity index (χ0n) is 20.7. The Bertz CT molecular complexity index is 637.